The van der Waals surface area contributed by atoms with Crippen molar-refractivity contribution in [2.45, 2.75) is 17.9 Å². The van der Waals surface area contributed by atoms with Crippen LogP contribution in [0.15, 0.2) is 69.5 Å². The number of halogens is 2. The number of benzene rings is 2. The summed E-state index contributed by atoms with van der Waals surface area (Å²) in [7, 11) is -4.17. The molecule has 0 spiro atoms. The van der Waals surface area contributed by atoms with Gasteiger partial charge in [-0.15, -0.1) is 0 Å². The fourth-order valence-corrected chi connectivity index (χ4v) is 4.84. The fourth-order valence-electron chi connectivity index (χ4n) is 2.98. The van der Waals surface area contributed by atoms with E-state index in [1.807, 2.05) is 0 Å². The van der Waals surface area contributed by atoms with Gasteiger partial charge in [-0.2, -0.15) is 4.31 Å². The van der Waals surface area contributed by atoms with Crippen LogP contribution in [0, 0.1) is 5.82 Å². The minimum atomic E-state index is -4.17. The van der Waals surface area contributed by atoms with Gasteiger partial charge in [0.2, 0.25) is 10.0 Å². The Labute approximate surface area is 165 Å². The molecule has 2 aromatic rings. The Kier molecular flexibility index (Phi) is 5.78. The summed E-state index contributed by atoms with van der Waals surface area (Å²) in [5, 5.41) is 0. The van der Waals surface area contributed by atoms with Gasteiger partial charge >= 0.3 is 5.97 Å². The van der Waals surface area contributed by atoms with Crippen LogP contribution in [-0.4, -0.2) is 31.8 Å². The van der Waals surface area contributed by atoms with Crippen molar-refractivity contribution in [2.24, 2.45) is 0 Å². The van der Waals surface area contributed by atoms with Gasteiger partial charge in [0.15, 0.2) is 0 Å². The zero-order chi connectivity index (χ0) is 19.6. The second kappa shape index (κ2) is 7.92. The van der Waals surface area contributed by atoms with Gasteiger partial charge in [-0.3, -0.25) is 0 Å². The minimum absolute atomic E-state index is 0.0501. The van der Waals surface area contributed by atoms with E-state index in [2.05, 4.69) is 15.9 Å². The van der Waals surface area contributed by atoms with Gasteiger partial charge in [-0.1, -0.05) is 46.3 Å². The van der Waals surface area contributed by atoms with Crippen molar-refractivity contribution in [3.8, 4) is 0 Å². The third kappa shape index (κ3) is 3.83. The second-order valence-electron chi connectivity index (χ2n) is 5.84. The lowest BCUT2D eigenvalue weighted by Crippen LogP contribution is -2.34. The Balaban J connectivity index is 2.08. The Hall–Kier alpha value is -2.03. The second-order valence-corrected chi connectivity index (χ2v) is 8.61. The van der Waals surface area contributed by atoms with Crippen molar-refractivity contribution in [3.63, 3.8) is 0 Å². The smallest absolute Gasteiger partial charge is 0.335 e. The first-order valence-corrected chi connectivity index (χ1v) is 10.5. The van der Waals surface area contributed by atoms with E-state index in [4.69, 9.17) is 4.74 Å². The van der Waals surface area contributed by atoms with Gasteiger partial charge in [0, 0.05) is 11.0 Å². The molecule has 1 atom stereocenters. The molecule has 0 aromatic heterocycles. The van der Waals surface area contributed by atoms with E-state index in [-0.39, 0.29) is 18.7 Å². The normalized spacial score (nSPS) is 17.6. The molecular weight excluding hydrogens is 437 g/mol. The average Bonchev–Trinajstić information content (AvgIpc) is 3.09. The predicted molar refractivity (Wildman–Crippen MR) is 102 cm³/mol. The summed E-state index contributed by atoms with van der Waals surface area (Å²) in [5.74, 6) is -1.42. The molecule has 3 rings (SSSR count). The Morgan fingerprint density at radius 2 is 1.89 bits per heavy atom. The SMILES string of the molecule is CCOC(=O)C1=CCN(S(=O)(=O)c2ccccc2F)C1c1ccc(Br)cc1. The van der Waals surface area contributed by atoms with E-state index < -0.39 is 32.7 Å². The van der Waals surface area contributed by atoms with Crippen molar-refractivity contribution >= 4 is 31.9 Å². The van der Waals surface area contributed by atoms with E-state index in [0.29, 0.717) is 5.56 Å². The maximum Gasteiger partial charge on any atom is 0.335 e. The van der Waals surface area contributed by atoms with Crippen LogP contribution in [0.5, 0.6) is 0 Å². The highest BCUT2D eigenvalue weighted by atomic mass is 79.9. The molecule has 0 amide bonds. The number of rotatable bonds is 5. The number of ether oxygens (including phenoxy) is 1. The van der Waals surface area contributed by atoms with Crippen LogP contribution in [0.2, 0.25) is 0 Å². The third-order valence-electron chi connectivity index (χ3n) is 4.19. The Bertz CT molecular complexity index is 989. The summed E-state index contributed by atoms with van der Waals surface area (Å²) in [4.78, 5) is 12.0. The number of sulfonamides is 1. The van der Waals surface area contributed by atoms with Gasteiger partial charge in [0.1, 0.15) is 10.7 Å². The maximum absolute atomic E-state index is 14.2. The average molecular weight is 454 g/mol. The molecule has 1 heterocycles. The number of esters is 1. The molecule has 27 heavy (non-hydrogen) atoms. The van der Waals surface area contributed by atoms with Crippen LogP contribution in [0.3, 0.4) is 0 Å². The van der Waals surface area contributed by atoms with Crippen molar-refractivity contribution in [1.82, 2.24) is 4.31 Å². The van der Waals surface area contributed by atoms with Crippen molar-refractivity contribution in [2.75, 3.05) is 13.2 Å². The number of carbonyl (C=O) groups is 1. The van der Waals surface area contributed by atoms with Crippen molar-refractivity contribution < 1.29 is 22.3 Å². The largest absolute Gasteiger partial charge is 0.463 e. The number of hydrogen-bond donors (Lipinski definition) is 0. The van der Waals surface area contributed by atoms with E-state index >= 15 is 0 Å². The summed E-state index contributed by atoms with van der Waals surface area (Å²) in [6, 6.07) is 11.3. The molecule has 142 valence electrons. The minimum Gasteiger partial charge on any atom is -0.463 e. The molecule has 0 saturated carbocycles. The van der Waals surface area contributed by atoms with Crippen molar-refractivity contribution in [3.05, 3.63) is 76.0 Å². The molecule has 1 aliphatic rings. The highest BCUT2D eigenvalue weighted by molar-refractivity contribution is 9.10. The molecule has 0 aliphatic carbocycles. The summed E-state index contributed by atoms with van der Waals surface area (Å²) in [6.45, 7) is 1.80. The molecule has 0 bridgehead atoms. The molecular formula is C19H17BrFNO4S. The molecule has 0 saturated heterocycles. The summed E-state index contributed by atoms with van der Waals surface area (Å²) < 4.78 is 47.4. The number of carbonyl (C=O) groups excluding carboxylic acids is 1. The van der Waals surface area contributed by atoms with Crippen LogP contribution >= 0.6 is 15.9 Å². The number of nitrogens with zero attached hydrogens (tertiary/aromatic N) is 1. The lowest BCUT2D eigenvalue weighted by atomic mass is 10.0. The zero-order valence-electron chi connectivity index (χ0n) is 14.4. The van der Waals surface area contributed by atoms with E-state index in [9.17, 15) is 17.6 Å². The molecule has 2 aromatic carbocycles. The topological polar surface area (TPSA) is 63.7 Å². The maximum atomic E-state index is 14.2. The number of hydrogen-bond acceptors (Lipinski definition) is 4. The molecule has 1 unspecified atom stereocenters. The predicted octanol–water partition coefficient (Wildman–Crippen LogP) is 3.82. The van der Waals surface area contributed by atoms with Crippen LogP contribution in [0.1, 0.15) is 18.5 Å². The zero-order valence-corrected chi connectivity index (χ0v) is 16.8. The highest BCUT2D eigenvalue weighted by Gasteiger charge is 2.41. The monoisotopic (exact) mass is 453 g/mol. The molecule has 5 nitrogen and oxygen atoms in total. The van der Waals surface area contributed by atoms with Gasteiger partial charge in [-0.25, -0.2) is 17.6 Å². The molecule has 0 radical (unpaired) electrons. The molecule has 8 heteroatoms. The summed E-state index contributed by atoms with van der Waals surface area (Å²) in [5.41, 5.74) is 0.814. The first-order chi connectivity index (χ1) is 12.9. The quantitative estimate of drug-likeness (QED) is 0.645. The van der Waals surface area contributed by atoms with Gasteiger partial charge < -0.3 is 4.74 Å². The van der Waals surface area contributed by atoms with Gasteiger partial charge in [0.25, 0.3) is 0 Å². The van der Waals surface area contributed by atoms with Crippen LogP contribution < -0.4 is 0 Å². The molecule has 0 N–H and O–H groups in total. The van der Waals surface area contributed by atoms with Gasteiger partial charge in [0.05, 0.1) is 18.2 Å². The fraction of sp³-hybridized carbons (Fsp3) is 0.211. The van der Waals surface area contributed by atoms with E-state index in [1.54, 1.807) is 31.2 Å². The first-order valence-electron chi connectivity index (χ1n) is 8.25. The Morgan fingerprint density at radius 1 is 1.22 bits per heavy atom. The Morgan fingerprint density at radius 3 is 2.52 bits per heavy atom. The summed E-state index contributed by atoms with van der Waals surface area (Å²) in [6.07, 6.45) is 1.52. The molecule has 1 aliphatic heterocycles. The third-order valence-corrected chi connectivity index (χ3v) is 6.59. The van der Waals surface area contributed by atoms with E-state index in [0.717, 1.165) is 14.8 Å². The van der Waals surface area contributed by atoms with E-state index in [1.165, 1.54) is 24.3 Å². The standard InChI is InChI=1S/C19H17BrFNO4S/c1-2-26-19(23)15-11-12-22(18(15)13-7-9-14(20)10-8-13)27(24,25)17-6-4-3-5-16(17)21/h3-11,18H,2,12H2,1H3. The van der Waals surface area contributed by atoms with Crippen LogP contribution in [0.25, 0.3) is 0 Å². The van der Waals surface area contributed by atoms with Crippen LogP contribution in [0.4, 0.5) is 4.39 Å². The lowest BCUT2D eigenvalue weighted by Gasteiger charge is -2.26. The first kappa shape index (κ1) is 19.7. The molecule has 0 fully saturated rings. The lowest BCUT2D eigenvalue weighted by molar-refractivity contribution is -0.138. The van der Waals surface area contributed by atoms with Crippen LogP contribution in [-0.2, 0) is 19.6 Å². The highest BCUT2D eigenvalue weighted by Crippen LogP contribution is 2.38. The van der Waals surface area contributed by atoms with Crippen molar-refractivity contribution in [1.29, 1.82) is 0 Å². The summed E-state index contributed by atoms with van der Waals surface area (Å²) >= 11 is 3.34. The van der Waals surface area contributed by atoms with Gasteiger partial charge in [-0.05, 0) is 36.8 Å².